The van der Waals surface area contributed by atoms with E-state index >= 15 is 0 Å². The molecule has 0 aromatic rings. The number of halogens is 6. The zero-order chi connectivity index (χ0) is 14.7. The Morgan fingerprint density at radius 2 is 1.29 bits per heavy atom. The number of rotatable bonds is 2. The molecule has 12 heteroatoms. The van der Waals surface area contributed by atoms with Crippen LogP contribution in [0.25, 0.3) is 0 Å². The van der Waals surface area contributed by atoms with Crippen molar-refractivity contribution in [1.82, 2.24) is 0 Å². The number of phosphoric acid groups is 1. The SMILES string of the molecule is CCC(Cl)(Cl)[C]([Na])(Cl)C(Cl)(Cl)Cl.O=P(O)(O)O. The zero-order valence-electron chi connectivity index (χ0n) is 8.67. The fourth-order valence-electron chi connectivity index (χ4n) is 0.539. The van der Waals surface area contributed by atoms with E-state index in [-0.39, 0.29) is 0 Å². The predicted octanol–water partition coefficient (Wildman–Crippen LogP) is 3.12. The monoisotopic (exact) mass is 396 g/mol. The van der Waals surface area contributed by atoms with E-state index in [4.69, 9.17) is 88.9 Å². The van der Waals surface area contributed by atoms with Gasteiger partial charge < -0.3 is 14.7 Å². The summed E-state index contributed by atoms with van der Waals surface area (Å²) in [5.41, 5.74) is 0. The summed E-state index contributed by atoms with van der Waals surface area (Å²) < 4.78 is 4.86. The van der Waals surface area contributed by atoms with Crippen LogP contribution in [0.4, 0.5) is 0 Å². The average molecular weight is 399 g/mol. The van der Waals surface area contributed by atoms with Crippen molar-refractivity contribution in [3.63, 3.8) is 0 Å². The van der Waals surface area contributed by atoms with Crippen LogP contribution in [0.3, 0.4) is 0 Å². The molecule has 1 unspecified atom stereocenters. The quantitative estimate of drug-likeness (QED) is 0.379. The molecule has 0 fully saturated rings. The van der Waals surface area contributed by atoms with Gasteiger partial charge in [0.05, 0.1) is 0 Å². The largest absolute Gasteiger partial charge is 0.466 e. The van der Waals surface area contributed by atoms with Crippen molar-refractivity contribution in [2.24, 2.45) is 0 Å². The second-order valence-electron chi connectivity index (χ2n) is 3.07. The summed E-state index contributed by atoms with van der Waals surface area (Å²) in [6.07, 6.45) is 0.428. The minimum atomic E-state index is -4.64. The van der Waals surface area contributed by atoms with Gasteiger partial charge in [0, 0.05) is 0 Å². The third-order valence-corrected chi connectivity index (χ3v) is 8.37. The van der Waals surface area contributed by atoms with Crippen molar-refractivity contribution in [3.8, 4) is 0 Å². The van der Waals surface area contributed by atoms with E-state index < -0.39 is 18.1 Å². The molecule has 4 nitrogen and oxygen atoms in total. The molecule has 0 saturated heterocycles. The van der Waals surface area contributed by atoms with Crippen LogP contribution in [0.5, 0.6) is 0 Å². The Balaban J connectivity index is 0. The normalized spacial score (nSPS) is 16.9. The molecular weight excluding hydrogens is 391 g/mol. The van der Waals surface area contributed by atoms with Crippen LogP contribution >= 0.6 is 77.4 Å². The molecule has 0 aromatic carbocycles. The Labute approximate surface area is 146 Å². The van der Waals surface area contributed by atoms with Crippen molar-refractivity contribution in [2.75, 3.05) is 0 Å². The van der Waals surface area contributed by atoms with Gasteiger partial charge >= 0.3 is 129 Å². The van der Waals surface area contributed by atoms with Crippen LogP contribution in [-0.2, 0) is 4.57 Å². The molecule has 0 aromatic heterocycles. The van der Waals surface area contributed by atoms with Gasteiger partial charge in [-0.2, -0.15) is 0 Å². The van der Waals surface area contributed by atoms with E-state index in [1.807, 2.05) is 0 Å². The van der Waals surface area contributed by atoms with Gasteiger partial charge in [-0.3, -0.25) is 0 Å². The average Bonchev–Trinajstić information content (AvgIpc) is 1.98. The maximum absolute atomic E-state index is 8.88. The van der Waals surface area contributed by atoms with Crippen molar-refractivity contribution in [3.05, 3.63) is 0 Å². The fraction of sp³-hybridized carbons (Fsp3) is 1.00. The van der Waals surface area contributed by atoms with Crippen LogP contribution in [-0.4, -0.2) is 52.9 Å². The van der Waals surface area contributed by atoms with Gasteiger partial charge in [-0.15, -0.1) is 0 Å². The summed E-state index contributed by atoms with van der Waals surface area (Å²) in [4.78, 5) is 21.6. The Morgan fingerprint density at radius 3 is 1.35 bits per heavy atom. The molecule has 17 heavy (non-hydrogen) atoms. The first-order valence-electron chi connectivity index (χ1n) is 3.98. The summed E-state index contributed by atoms with van der Waals surface area (Å²) in [6.45, 7) is 1.78. The van der Waals surface area contributed by atoms with Gasteiger partial charge in [-0.05, 0) is 0 Å². The third kappa shape index (κ3) is 9.41. The maximum Gasteiger partial charge on any atom is 0.466 e. The van der Waals surface area contributed by atoms with Gasteiger partial charge in [0.2, 0.25) is 0 Å². The van der Waals surface area contributed by atoms with Gasteiger partial charge in [0.15, 0.2) is 0 Å². The summed E-state index contributed by atoms with van der Waals surface area (Å²) in [5.74, 6) is 0. The van der Waals surface area contributed by atoms with E-state index in [9.17, 15) is 0 Å². The van der Waals surface area contributed by atoms with E-state index in [0.29, 0.717) is 34.4 Å². The van der Waals surface area contributed by atoms with Crippen LogP contribution in [0, 0.1) is 0 Å². The molecule has 0 amide bonds. The molecule has 1 atom stereocenters. The third-order valence-electron chi connectivity index (χ3n) is 1.66. The van der Waals surface area contributed by atoms with Gasteiger partial charge in [-0.1, -0.05) is 0 Å². The van der Waals surface area contributed by atoms with E-state index in [1.165, 1.54) is 0 Å². The van der Waals surface area contributed by atoms with E-state index in [0.717, 1.165) is 0 Å². The van der Waals surface area contributed by atoms with Crippen LogP contribution in [0.15, 0.2) is 0 Å². The molecule has 0 spiro atoms. The molecule has 0 heterocycles. The summed E-state index contributed by atoms with van der Waals surface area (Å²) >= 11 is 35.2. The smallest absolute Gasteiger partial charge is 0.303 e. The molecule has 0 rings (SSSR count). The first-order valence-corrected chi connectivity index (χ1v) is 8.81. The molecule has 0 aliphatic carbocycles. The van der Waals surface area contributed by atoms with Gasteiger partial charge in [0.1, 0.15) is 0 Å². The first kappa shape index (κ1) is 22.1. The van der Waals surface area contributed by atoms with Crippen LogP contribution < -0.4 is 0 Å². The first-order chi connectivity index (χ1) is 7.06. The summed E-state index contributed by atoms with van der Waals surface area (Å²) in [6, 6.07) is 0. The molecule has 0 aliphatic heterocycles. The Morgan fingerprint density at radius 1 is 1.06 bits per heavy atom. The van der Waals surface area contributed by atoms with E-state index in [1.54, 1.807) is 6.92 Å². The molecule has 3 N–H and O–H groups in total. The molecular formula is C5H8Cl6NaO4P. The van der Waals surface area contributed by atoms with Crippen LogP contribution in [0.2, 0.25) is 0 Å². The molecule has 100 valence electrons. The van der Waals surface area contributed by atoms with Gasteiger partial charge in [-0.25, -0.2) is 4.57 Å². The molecule has 0 aliphatic rings. The Hall–Kier alpha value is 2.85. The van der Waals surface area contributed by atoms with Crippen molar-refractivity contribution < 1.29 is 19.2 Å². The molecule has 0 bridgehead atoms. The standard InChI is InChI=1S/C5H5Cl6.Na.H3O4P/c1-2-4(7,8)3(6)5(9,10)11;;1-5(2,3)4/h2H2,1H3;;(H3,1,2,3,4). The van der Waals surface area contributed by atoms with Crippen molar-refractivity contribution in [2.45, 2.75) is 23.6 Å². The Kier molecular flexibility index (Phi) is 10.1. The van der Waals surface area contributed by atoms with Crippen molar-refractivity contribution in [1.29, 1.82) is 0 Å². The predicted molar refractivity (Wildman–Crippen MR) is 73.6 cm³/mol. The molecule has 0 saturated carbocycles. The minimum absolute atomic E-state index is 0.381. The maximum atomic E-state index is 8.88. The second kappa shape index (κ2) is 7.74. The fourth-order valence-corrected chi connectivity index (χ4v) is 2.08. The minimum Gasteiger partial charge on any atom is -0.303 e. The van der Waals surface area contributed by atoms with Crippen LogP contribution in [0.1, 0.15) is 13.3 Å². The second-order valence-corrected chi connectivity index (χ2v) is 10.8. The summed E-state index contributed by atoms with van der Waals surface area (Å²) in [5, 5.41) is 0. The molecule has 0 radical (unpaired) electrons. The van der Waals surface area contributed by atoms with Gasteiger partial charge in [0.25, 0.3) is 0 Å². The summed E-state index contributed by atoms with van der Waals surface area (Å²) in [7, 11) is -4.64. The number of alkyl halides is 6. The zero-order valence-corrected chi connectivity index (χ0v) is 16.1. The Bertz CT molecular complexity index is 278. The number of hydrogen-bond donors (Lipinski definition) is 3. The van der Waals surface area contributed by atoms with Crippen molar-refractivity contribution >= 4 is 105 Å². The topological polar surface area (TPSA) is 77.8 Å². The van der Waals surface area contributed by atoms with E-state index in [2.05, 4.69) is 0 Å². The number of hydrogen-bond acceptors (Lipinski definition) is 1.